The fourth-order valence-corrected chi connectivity index (χ4v) is 2.37. The Morgan fingerprint density at radius 2 is 1.88 bits per heavy atom. The molecule has 0 saturated heterocycles. The van der Waals surface area contributed by atoms with Crippen molar-refractivity contribution in [3.63, 3.8) is 0 Å². The second-order valence-corrected chi connectivity index (χ2v) is 5.06. The SMILES string of the molecule is CCc1ccc(C(C)C)c(C(C)CCN)c1O. The Labute approximate surface area is 105 Å². The minimum atomic E-state index is 0.323. The number of hydrogen-bond acceptors (Lipinski definition) is 2. The van der Waals surface area contributed by atoms with Gasteiger partial charge in [-0.3, -0.25) is 0 Å². The van der Waals surface area contributed by atoms with Gasteiger partial charge < -0.3 is 10.8 Å². The molecule has 2 heteroatoms. The van der Waals surface area contributed by atoms with E-state index in [1.54, 1.807) is 0 Å². The van der Waals surface area contributed by atoms with Crippen LogP contribution in [0.3, 0.4) is 0 Å². The number of benzene rings is 1. The molecule has 0 aliphatic heterocycles. The van der Waals surface area contributed by atoms with Crippen LogP contribution in [0.15, 0.2) is 12.1 Å². The first-order valence-electron chi connectivity index (χ1n) is 6.57. The molecule has 1 atom stereocenters. The van der Waals surface area contributed by atoms with E-state index in [4.69, 9.17) is 5.73 Å². The van der Waals surface area contributed by atoms with E-state index >= 15 is 0 Å². The predicted molar refractivity (Wildman–Crippen MR) is 73.7 cm³/mol. The first-order valence-corrected chi connectivity index (χ1v) is 6.57. The van der Waals surface area contributed by atoms with Crippen LogP contribution in [0.4, 0.5) is 0 Å². The summed E-state index contributed by atoms with van der Waals surface area (Å²) in [7, 11) is 0. The van der Waals surface area contributed by atoms with Gasteiger partial charge in [-0.05, 0) is 42.3 Å². The first-order chi connectivity index (χ1) is 8.02. The molecule has 0 radical (unpaired) electrons. The Bertz CT molecular complexity index is 371. The van der Waals surface area contributed by atoms with Gasteiger partial charge in [0.25, 0.3) is 0 Å². The summed E-state index contributed by atoms with van der Waals surface area (Å²) in [6.45, 7) is 9.21. The maximum Gasteiger partial charge on any atom is 0.122 e. The van der Waals surface area contributed by atoms with Gasteiger partial charge in [-0.2, -0.15) is 0 Å². The summed E-state index contributed by atoms with van der Waals surface area (Å²) in [4.78, 5) is 0. The summed E-state index contributed by atoms with van der Waals surface area (Å²) in [5, 5.41) is 10.4. The van der Waals surface area contributed by atoms with Crippen LogP contribution in [0, 0.1) is 0 Å². The number of aryl methyl sites for hydroxylation is 1. The van der Waals surface area contributed by atoms with Gasteiger partial charge in [0, 0.05) is 5.56 Å². The highest BCUT2D eigenvalue weighted by Gasteiger charge is 2.18. The summed E-state index contributed by atoms with van der Waals surface area (Å²) in [5.74, 6) is 1.24. The van der Waals surface area contributed by atoms with Crippen LogP contribution in [0.2, 0.25) is 0 Å². The van der Waals surface area contributed by atoms with E-state index in [2.05, 4.69) is 33.8 Å². The summed E-state index contributed by atoms with van der Waals surface area (Å²) >= 11 is 0. The van der Waals surface area contributed by atoms with Gasteiger partial charge in [-0.25, -0.2) is 0 Å². The lowest BCUT2D eigenvalue weighted by Gasteiger charge is -2.21. The number of aromatic hydroxyl groups is 1. The van der Waals surface area contributed by atoms with Gasteiger partial charge >= 0.3 is 0 Å². The number of rotatable bonds is 5. The molecular formula is C15H25NO. The van der Waals surface area contributed by atoms with Crippen molar-refractivity contribution in [1.29, 1.82) is 0 Å². The number of phenolic OH excluding ortho intramolecular Hbond substituents is 1. The maximum atomic E-state index is 10.4. The van der Waals surface area contributed by atoms with E-state index in [9.17, 15) is 5.11 Å². The van der Waals surface area contributed by atoms with Crippen molar-refractivity contribution in [3.05, 3.63) is 28.8 Å². The summed E-state index contributed by atoms with van der Waals surface area (Å²) < 4.78 is 0. The molecule has 0 fully saturated rings. The highest BCUT2D eigenvalue weighted by atomic mass is 16.3. The zero-order valence-electron chi connectivity index (χ0n) is 11.5. The number of phenols is 1. The van der Waals surface area contributed by atoms with Crippen LogP contribution in [-0.4, -0.2) is 11.7 Å². The molecule has 0 heterocycles. The van der Waals surface area contributed by atoms with E-state index in [-0.39, 0.29) is 0 Å². The highest BCUT2D eigenvalue weighted by Crippen LogP contribution is 2.37. The van der Waals surface area contributed by atoms with Crippen molar-refractivity contribution >= 4 is 0 Å². The first kappa shape index (κ1) is 14.0. The van der Waals surface area contributed by atoms with Gasteiger partial charge in [0.1, 0.15) is 5.75 Å². The van der Waals surface area contributed by atoms with E-state index in [1.807, 2.05) is 6.07 Å². The minimum Gasteiger partial charge on any atom is -0.507 e. The van der Waals surface area contributed by atoms with E-state index in [0.717, 1.165) is 24.0 Å². The van der Waals surface area contributed by atoms with Crippen LogP contribution in [0.1, 0.15) is 62.6 Å². The molecule has 1 unspecified atom stereocenters. The third-order valence-corrected chi connectivity index (χ3v) is 3.43. The molecule has 17 heavy (non-hydrogen) atoms. The van der Waals surface area contributed by atoms with Gasteiger partial charge in [0.05, 0.1) is 0 Å². The molecule has 96 valence electrons. The zero-order valence-corrected chi connectivity index (χ0v) is 11.5. The maximum absolute atomic E-state index is 10.4. The van der Waals surface area contributed by atoms with Crippen molar-refractivity contribution in [2.75, 3.05) is 6.54 Å². The normalized spacial score (nSPS) is 13.1. The van der Waals surface area contributed by atoms with Gasteiger partial charge in [-0.15, -0.1) is 0 Å². The lowest BCUT2D eigenvalue weighted by molar-refractivity contribution is 0.452. The molecule has 0 aromatic heterocycles. The monoisotopic (exact) mass is 235 g/mol. The second kappa shape index (κ2) is 6.06. The van der Waals surface area contributed by atoms with E-state index < -0.39 is 0 Å². The summed E-state index contributed by atoms with van der Waals surface area (Å²) in [6, 6.07) is 4.20. The van der Waals surface area contributed by atoms with Crippen molar-refractivity contribution in [2.45, 2.75) is 52.4 Å². The summed E-state index contributed by atoms with van der Waals surface area (Å²) in [5.41, 5.74) is 9.02. The van der Waals surface area contributed by atoms with Crippen molar-refractivity contribution in [2.24, 2.45) is 5.73 Å². The topological polar surface area (TPSA) is 46.2 Å². The molecule has 1 aromatic carbocycles. The molecule has 0 amide bonds. The molecule has 3 N–H and O–H groups in total. The fraction of sp³-hybridized carbons (Fsp3) is 0.600. The van der Waals surface area contributed by atoms with Crippen LogP contribution < -0.4 is 5.73 Å². The predicted octanol–water partition coefficient (Wildman–Crippen LogP) is 3.53. The minimum absolute atomic E-state index is 0.323. The lowest BCUT2D eigenvalue weighted by atomic mass is 9.85. The Morgan fingerprint density at radius 1 is 1.24 bits per heavy atom. The molecule has 2 nitrogen and oxygen atoms in total. The van der Waals surface area contributed by atoms with Crippen LogP contribution in [0.25, 0.3) is 0 Å². The molecule has 0 bridgehead atoms. The fourth-order valence-electron chi connectivity index (χ4n) is 2.37. The third kappa shape index (κ3) is 3.01. The van der Waals surface area contributed by atoms with Gasteiger partial charge in [0.15, 0.2) is 0 Å². The third-order valence-electron chi connectivity index (χ3n) is 3.43. The zero-order chi connectivity index (χ0) is 13.0. The number of nitrogens with two attached hydrogens (primary N) is 1. The molecule has 0 saturated carbocycles. The second-order valence-electron chi connectivity index (χ2n) is 5.06. The molecular weight excluding hydrogens is 210 g/mol. The Morgan fingerprint density at radius 3 is 2.35 bits per heavy atom. The Hall–Kier alpha value is -1.02. The Balaban J connectivity index is 3.29. The average Bonchev–Trinajstić information content (AvgIpc) is 2.28. The molecule has 1 rings (SSSR count). The lowest BCUT2D eigenvalue weighted by Crippen LogP contribution is -2.08. The van der Waals surface area contributed by atoms with Gasteiger partial charge in [-0.1, -0.05) is 39.8 Å². The van der Waals surface area contributed by atoms with Crippen LogP contribution >= 0.6 is 0 Å². The van der Waals surface area contributed by atoms with Crippen LogP contribution in [-0.2, 0) is 6.42 Å². The highest BCUT2D eigenvalue weighted by molar-refractivity contribution is 5.48. The van der Waals surface area contributed by atoms with Crippen molar-refractivity contribution in [1.82, 2.24) is 0 Å². The molecule has 0 spiro atoms. The molecule has 0 aliphatic carbocycles. The van der Waals surface area contributed by atoms with Crippen molar-refractivity contribution in [3.8, 4) is 5.75 Å². The van der Waals surface area contributed by atoms with E-state index in [0.29, 0.717) is 24.1 Å². The summed E-state index contributed by atoms with van der Waals surface area (Å²) in [6.07, 6.45) is 1.78. The molecule has 1 aromatic rings. The largest absolute Gasteiger partial charge is 0.507 e. The quantitative estimate of drug-likeness (QED) is 0.820. The average molecular weight is 235 g/mol. The van der Waals surface area contributed by atoms with Gasteiger partial charge in [0.2, 0.25) is 0 Å². The van der Waals surface area contributed by atoms with Crippen molar-refractivity contribution < 1.29 is 5.11 Å². The van der Waals surface area contributed by atoms with Crippen LogP contribution in [0.5, 0.6) is 5.75 Å². The Kier molecular flexibility index (Phi) is 5.01. The smallest absolute Gasteiger partial charge is 0.122 e. The number of hydrogen-bond donors (Lipinski definition) is 2. The standard InChI is InChI=1S/C15H25NO/c1-5-12-6-7-13(10(2)3)14(15(12)17)11(4)8-9-16/h6-7,10-11,17H,5,8-9,16H2,1-4H3. The molecule has 0 aliphatic rings. The van der Waals surface area contributed by atoms with E-state index in [1.165, 1.54) is 5.56 Å².